The van der Waals surface area contributed by atoms with E-state index >= 15 is 0 Å². The Hall–Kier alpha value is -0.770. The third-order valence-corrected chi connectivity index (χ3v) is 4.70. The fourth-order valence-electron chi connectivity index (χ4n) is 3.10. The summed E-state index contributed by atoms with van der Waals surface area (Å²) < 4.78 is 5.59. The van der Waals surface area contributed by atoms with E-state index in [1.54, 1.807) is 0 Å². The molecule has 0 amide bonds. The first kappa shape index (κ1) is 15.1. The fourth-order valence-corrected chi connectivity index (χ4v) is 3.44. The molecule has 1 saturated heterocycles. The molecule has 0 aromatic heterocycles. The lowest BCUT2D eigenvalue weighted by molar-refractivity contribution is 0.0576. The van der Waals surface area contributed by atoms with E-state index in [-0.39, 0.29) is 0 Å². The van der Waals surface area contributed by atoms with Crippen molar-refractivity contribution in [2.75, 3.05) is 31.7 Å². The molecule has 1 aromatic carbocycles. The summed E-state index contributed by atoms with van der Waals surface area (Å²) in [5, 5.41) is 4.44. The third-order valence-electron chi connectivity index (χ3n) is 4.40. The molecule has 1 heterocycles. The lowest BCUT2D eigenvalue weighted by Gasteiger charge is -2.30. The number of ether oxygens (including phenoxy) is 1. The van der Waals surface area contributed by atoms with E-state index < -0.39 is 0 Å². The number of nitrogens with one attached hydrogen (secondary N) is 1. The highest BCUT2D eigenvalue weighted by molar-refractivity contribution is 6.33. The van der Waals surface area contributed by atoms with Crippen molar-refractivity contribution >= 4 is 17.3 Å². The zero-order chi connectivity index (χ0) is 14.7. The van der Waals surface area contributed by atoms with Gasteiger partial charge in [-0.3, -0.25) is 0 Å². The molecule has 1 saturated carbocycles. The van der Waals surface area contributed by atoms with Gasteiger partial charge in [-0.25, -0.2) is 0 Å². The summed E-state index contributed by atoms with van der Waals surface area (Å²) >= 11 is 6.47. The number of hydrogen-bond donors (Lipinski definition) is 1. The zero-order valence-electron chi connectivity index (χ0n) is 12.8. The summed E-state index contributed by atoms with van der Waals surface area (Å²) in [4.78, 5) is 2.31. The quantitative estimate of drug-likeness (QED) is 0.871. The van der Waals surface area contributed by atoms with Crippen LogP contribution >= 0.6 is 11.6 Å². The molecule has 116 valence electrons. The normalized spacial score (nSPS) is 22.3. The van der Waals surface area contributed by atoms with Crippen molar-refractivity contribution in [2.45, 2.75) is 38.3 Å². The summed E-state index contributed by atoms with van der Waals surface area (Å²) in [5.74, 6) is 0.615. The molecular weight excluding hydrogens is 284 g/mol. The molecule has 3 rings (SSSR count). The minimum Gasteiger partial charge on any atom is -0.381 e. The Balaban J connectivity index is 1.68. The molecule has 2 aliphatic rings. The van der Waals surface area contributed by atoms with Gasteiger partial charge in [-0.15, -0.1) is 0 Å². The molecule has 21 heavy (non-hydrogen) atoms. The van der Waals surface area contributed by atoms with E-state index in [1.807, 2.05) is 12.1 Å². The van der Waals surface area contributed by atoms with Gasteiger partial charge in [0, 0.05) is 32.8 Å². The lowest BCUT2D eigenvalue weighted by Crippen LogP contribution is -2.32. The Bertz CT molecular complexity index is 470. The number of para-hydroxylation sites is 1. The van der Waals surface area contributed by atoms with Crippen LogP contribution in [0, 0.1) is 5.92 Å². The number of nitrogens with zero attached hydrogens (tertiary/aromatic N) is 1. The topological polar surface area (TPSA) is 24.5 Å². The number of hydrogen-bond acceptors (Lipinski definition) is 3. The average Bonchev–Trinajstić information content (AvgIpc) is 3.30. The van der Waals surface area contributed by atoms with E-state index in [0.717, 1.165) is 31.3 Å². The first-order chi connectivity index (χ1) is 10.2. The van der Waals surface area contributed by atoms with E-state index in [0.29, 0.717) is 12.0 Å². The molecule has 4 heteroatoms. The van der Waals surface area contributed by atoms with Crippen LogP contribution in [0.25, 0.3) is 0 Å². The van der Waals surface area contributed by atoms with Gasteiger partial charge >= 0.3 is 0 Å². The minimum atomic E-state index is 0.615. The minimum absolute atomic E-state index is 0.615. The van der Waals surface area contributed by atoms with Crippen LogP contribution in [0.5, 0.6) is 0 Å². The number of rotatable bonds is 6. The number of anilines is 1. The summed E-state index contributed by atoms with van der Waals surface area (Å²) in [6.07, 6.45) is 5.05. The van der Waals surface area contributed by atoms with Crippen molar-refractivity contribution in [3.05, 3.63) is 28.8 Å². The molecule has 0 radical (unpaired) electrons. The molecule has 1 N–H and O–H groups in total. The molecule has 1 aromatic rings. The smallest absolute Gasteiger partial charge is 0.0642 e. The van der Waals surface area contributed by atoms with Crippen molar-refractivity contribution in [3.8, 4) is 0 Å². The maximum atomic E-state index is 6.47. The zero-order valence-corrected chi connectivity index (χ0v) is 13.5. The number of halogens is 1. The molecule has 0 bridgehead atoms. The van der Waals surface area contributed by atoms with E-state index in [4.69, 9.17) is 16.3 Å². The second-order valence-electron chi connectivity index (χ2n) is 6.37. The monoisotopic (exact) mass is 308 g/mol. The summed E-state index contributed by atoms with van der Waals surface area (Å²) in [7, 11) is 2.15. The van der Waals surface area contributed by atoms with Crippen LogP contribution in [-0.2, 0) is 11.3 Å². The van der Waals surface area contributed by atoms with Gasteiger partial charge in [0.15, 0.2) is 0 Å². The van der Waals surface area contributed by atoms with Gasteiger partial charge in [-0.1, -0.05) is 23.7 Å². The average molecular weight is 309 g/mol. The van der Waals surface area contributed by atoms with E-state index in [2.05, 4.69) is 23.3 Å². The van der Waals surface area contributed by atoms with Crippen LogP contribution < -0.4 is 10.2 Å². The SMILES string of the molecule is CN(CC1CCCOC1)c1c(Cl)cccc1CNC1CC1. The van der Waals surface area contributed by atoms with Crippen molar-refractivity contribution in [3.63, 3.8) is 0 Å². The Morgan fingerprint density at radius 3 is 2.90 bits per heavy atom. The molecule has 0 spiro atoms. The second-order valence-corrected chi connectivity index (χ2v) is 6.77. The largest absolute Gasteiger partial charge is 0.381 e. The van der Waals surface area contributed by atoms with Gasteiger partial charge in [0.2, 0.25) is 0 Å². The Kier molecular flexibility index (Phi) is 5.04. The maximum absolute atomic E-state index is 6.47. The van der Waals surface area contributed by atoms with Gasteiger partial charge in [0.05, 0.1) is 17.3 Å². The van der Waals surface area contributed by atoms with Crippen LogP contribution in [0.15, 0.2) is 18.2 Å². The number of benzene rings is 1. The molecule has 3 nitrogen and oxygen atoms in total. The summed E-state index contributed by atoms with van der Waals surface area (Å²) in [6.45, 7) is 3.72. The first-order valence-electron chi connectivity index (χ1n) is 8.03. The van der Waals surface area contributed by atoms with Crippen LogP contribution in [0.4, 0.5) is 5.69 Å². The van der Waals surface area contributed by atoms with Crippen LogP contribution in [0.1, 0.15) is 31.2 Å². The molecule has 1 atom stereocenters. The van der Waals surface area contributed by atoms with E-state index in [1.165, 1.54) is 36.9 Å². The summed E-state index contributed by atoms with van der Waals surface area (Å²) in [6, 6.07) is 6.94. The Morgan fingerprint density at radius 1 is 1.33 bits per heavy atom. The standard InChI is InChI=1S/C17H25ClN2O/c1-20(11-13-4-3-9-21-12-13)17-14(5-2-6-16(17)18)10-19-15-7-8-15/h2,5-6,13,15,19H,3-4,7-12H2,1H3. The van der Waals surface area contributed by atoms with Crippen LogP contribution in [0.2, 0.25) is 5.02 Å². The molecule has 1 aliphatic heterocycles. The highest BCUT2D eigenvalue weighted by Gasteiger charge is 2.22. The van der Waals surface area contributed by atoms with Crippen LogP contribution in [-0.4, -0.2) is 32.8 Å². The second kappa shape index (κ2) is 6.99. The molecule has 2 fully saturated rings. The van der Waals surface area contributed by atoms with Crippen molar-refractivity contribution in [2.24, 2.45) is 5.92 Å². The van der Waals surface area contributed by atoms with Gasteiger partial charge in [0.1, 0.15) is 0 Å². The van der Waals surface area contributed by atoms with Gasteiger partial charge in [-0.05, 0) is 43.2 Å². The highest BCUT2D eigenvalue weighted by atomic mass is 35.5. The van der Waals surface area contributed by atoms with Gasteiger partial charge in [-0.2, -0.15) is 0 Å². The Morgan fingerprint density at radius 2 is 2.19 bits per heavy atom. The predicted octanol–water partition coefficient (Wildman–Crippen LogP) is 3.45. The summed E-state index contributed by atoms with van der Waals surface area (Å²) in [5.41, 5.74) is 2.48. The molecule has 1 unspecified atom stereocenters. The lowest BCUT2D eigenvalue weighted by atomic mass is 10.0. The maximum Gasteiger partial charge on any atom is 0.0642 e. The van der Waals surface area contributed by atoms with Gasteiger partial charge in [0.25, 0.3) is 0 Å². The molecule has 1 aliphatic carbocycles. The Labute approximate surface area is 132 Å². The van der Waals surface area contributed by atoms with Crippen LogP contribution in [0.3, 0.4) is 0 Å². The van der Waals surface area contributed by atoms with Crippen molar-refractivity contribution < 1.29 is 4.74 Å². The van der Waals surface area contributed by atoms with Crippen molar-refractivity contribution in [1.29, 1.82) is 0 Å². The third kappa shape index (κ3) is 4.12. The van der Waals surface area contributed by atoms with Crippen molar-refractivity contribution in [1.82, 2.24) is 5.32 Å². The van der Waals surface area contributed by atoms with Gasteiger partial charge < -0.3 is 15.0 Å². The highest BCUT2D eigenvalue weighted by Crippen LogP contribution is 2.31. The predicted molar refractivity (Wildman–Crippen MR) is 88.1 cm³/mol. The fraction of sp³-hybridized carbons (Fsp3) is 0.647. The first-order valence-corrected chi connectivity index (χ1v) is 8.41. The molecular formula is C17H25ClN2O. The van der Waals surface area contributed by atoms with E-state index in [9.17, 15) is 0 Å².